The Hall–Kier alpha value is -1.48. The highest BCUT2D eigenvalue weighted by Crippen LogP contribution is 2.16. The second-order valence-electron chi connectivity index (χ2n) is 4.04. The molecule has 2 aromatic carbocycles. The summed E-state index contributed by atoms with van der Waals surface area (Å²) in [5, 5.41) is 3.40. The van der Waals surface area contributed by atoms with Crippen LogP contribution in [0.15, 0.2) is 53.0 Å². The molecular formula is C15H16BrNO. The Balaban J connectivity index is 1.84. The molecule has 1 N–H and O–H groups in total. The maximum absolute atomic E-state index is 5.14. The molecule has 0 bridgehead atoms. The molecule has 0 heterocycles. The Kier molecular flexibility index (Phi) is 4.65. The van der Waals surface area contributed by atoms with Gasteiger partial charge in [0.25, 0.3) is 0 Å². The van der Waals surface area contributed by atoms with E-state index in [4.69, 9.17) is 4.74 Å². The highest BCUT2D eigenvalue weighted by atomic mass is 79.9. The summed E-state index contributed by atoms with van der Waals surface area (Å²) in [5.74, 6) is 0.902. The molecule has 0 radical (unpaired) electrons. The van der Waals surface area contributed by atoms with E-state index in [0.717, 1.165) is 28.9 Å². The van der Waals surface area contributed by atoms with Crippen molar-refractivity contribution in [1.82, 2.24) is 0 Å². The Bertz CT molecular complexity index is 496. The van der Waals surface area contributed by atoms with Crippen molar-refractivity contribution in [3.05, 3.63) is 58.6 Å². The minimum absolute atomic E-state index is 0.902. The normalized spacial score (nSPS) is 10.1. The lowest BCUT2D eigenvalue weighted by Gasteiger charge is -2.07. The van der Waals surface area contributed by atoms with Crippen LogP contribution in [-0.4, -0.2) is 13.7 Å². The summed E-state index contributed by atoms with van der Waals surface area (Å²) in [7, 11) is 1.68. The van der Waals surface area contributed by atoms with Crippen LogP contribution in [0, 0.1) is 0 Å². The summed E-state index contributed by atoms with van der Waals surface area (Å²) in [6.07, 6.45) is 0.997. The molecule has 0 aliphatic carbocycles. The Morgan fingerprint density at radius 1 is 1.11 bits per heavy atom. The van der Waals surface area contributed by atoms with E-state index in [-0.39, 0.29) is 0 Å². The van der Waals surface area contributed by atoms with Gasteiger partial charge in [-0.2, -0.15) is 0 Å². The first kappa shape index (κ1) is 13.0. The number of hydrogen-bond acceptors (Lipinski definition) is 2. The number of benzene rings is 2. The van der Waals surface area contributed by atoms with Gasteiger partial charge in [-0.15, -0.1) is 0 Å². The summed E-state index contributed by atoms with van der Waals surface area (Å²) in [6, 6.07) is 16.4. The van der Waals surface area contributed by atoms with Gasteiger partial charge in [-0.25, -0.2) is 0 Å². The van der Waals surface area contributed by atoms with Gasteiger partial charge in [0, 0.05) is 16.7 Å². The standard InChI is InChI=1S/C15H16BrNO/c1-18-15-7-5-12(6-8-15)9-10-17-14-4-2-3-13(16)11-14/h2-8,11,17H,9-10H2,1H3. The Morgan fingerprint density at radius 2 is 1.89 bits per heavy atom. The van der Waals surface area contributed by atoms with Crippen LogP contribution >= 0.6 is 15.9 Å². The first-order valence-corrected chi connectivity index (χ1v) is 6.69. The van der Waals surface area contributed by atoms with Crippen LogP contribution in [0.1, 0.15) is 5.56 Å². The zero-order chi connectivity index (χ0) is 12.8. The molecule has 0 amide bonds. The zero-order valence-corrected chi connectivity index (χ0v) is 11.9. The number of halogens is 1. The van der Waals surface area contributed by atoms with Crippen LogP contribution in [0.2, 0.25) is 0 Å². The van der Waals surface area contributed by atoms with Gasteiger partial charge in [0.15, 0.2) is 0 Å². The van der Waals surface area contributed by atoms with E-state index in [0.29, 0.717) is 0 Å². The van der Waals surface area contributed by atoms with Crippen molar-refractivity contribution in [3.8, 4) is 5.75 Å². The molecule has 0 atom stereocenters. The lowest BCUT2D eigenvalue weighted by atomic mass is 10.1. The Labute approximate surface area is 116 Å². The van der Waals surface area contributed by atoms with Crippen LogP contribution in [-0.2, 0) is 6.42 Å². The van der Waals surface area contributed by atoms with E-state index in [1.165, 1.54) is 5.56 Å². The minimum Gasteiger partial charge on any atom is -0.497 e. The molecule has 0 spiro atoms. The monoisotopic (exact) mass is 305 g/mol. The van der Waals surface area contributed by atoms with Crippen LogP contribution in [0.25, 0.3) is 0 Å². The molecule has 2 rings (SSSR count). The lowest BCUT2D eigenvalue weighted by molar-refractivity contribution is 0.414. The molecule has 0 aliphatic heterocycles. The molecule has 0 saturated heterocycles. The fourth-order valence-electron chi connectivity index (χ4n) is 1.74. The maximum Gasteiger partial charge on any atom is 0.118 e. The third-order valence-corrected chi connectivity index (χ3v) is 3.22. The number of anilines is 1. The quantitative estimate of drug-likeness (QED) is 0.897. The molecule has 3 heteroatoms. The molecule has 0 aliphatic rings. The van der Waals surface area contributed by atoms with Crippen LogP contribution in [0.4, 0.5) is 5.69 Å². The predicted molar refractivity (Wildman–Crippen MR) is 79.3 cm³/mol. The van der Waals surface area contributed by atoms with Crippen molar-refractivity contribution in [1.29, 1.82) is 0 Å². The van der Waals surface area contributed by atoms with Gasteiger partial charge >= 0.3 is 0 Å². The van der Waals surface area contributed by atoms with Crippen LogP contribution in [0.5, 0.6) is 5.75 Å². The highest BCUT2D eigenvalue weighted by Gasteiger charge is 1.96. The Morgan fingerprint density at radius 3 is 2.56 bits per heavy atom. The fraction of sp³-hybridized carbons (Fsp3) is 0.200. The van der Waals surface area contributed by atoms with Gasteiger partial charge in [-0.3, -0.25) is 0 Å². The topological polar surface area (TPSA) is 21.3 Å². The van der Waals surface area contributed by atoms with Crippen molar-refractivity contribution >= 4 is 21.6 Å². The number of ether oxygens (including phenoxy) is 1. The second kappa shape index (κ2) is 6.45. The molecule has 18 heavy (non-hydrogen) atoms. The van der Waals surface area contributed by atoms with E-state index in [1.807, 2.05) is 24.3 Å². The summed E-state index contributed by atoms with van der Waals surface area (Å²) in [4.78, 5) is 0. The minimum atomic E-state index is 0.902. The molecule has 0 saturated carbocycles. The number of nitrogens with one attached hydrogen (secondary N) is 1. The summed E-state index contributed by atoms with van der Waals surface area (Å²) in [6.45, 7) is 0.919. The fourth-order valence-corrected chi connectivity index (χ4v) is 2.14. The van der Waals surface area contributed by atoms with Gasteiger partial charge in [-0.1, -0.05) is 34.1 Å². The summed E-state index contributed by atoms with van der Waals surface area (Å²) in [5.41, 5.74) is 2.44. The van der Waals surface area contributed by atoms with Crippen molar-refractivity contribution in [2.45, 2.75) is 6.42 Å². The molecule has 0 unspecified atom stereocenters. The highest BCUT2D eigenvalue weighted by molar-refractivity contribution is 9.10. The van der Waals surface area contributed by atoms with E-state index >= 15 is 0 Å². The predicted octanol–water partition coefficient (Wildman–Crippen LogP) is 4.11. The van der Waals surface area contributed by atoms with Crippen molar-refractivity contribution in [2.24, 2.45) is 0 Å². The zero-order valence-electron chi connectivity index (χ0n) is 10.3. The molecule has 2 aromatic rings. The first-order valence-electron chi connectivity index (χ1n) is 5.90. The lowest BCUT2D eigenvalue weighted by Crippen LogP contribution is -2.04. The third kappa shape index (κ3) is 3.77. The van der Waals surface area contributed by atoms with Crippen LogP contribution in [0.3, 0.4) is 0 Å². The van der Waals surface area contributed by atoms with Gasteiger partial charge < -0.3 is 10.1 Å². The van der Waals surface area contributed by atoms with E-state index in [2.05, 4.69) is 45.5 Å². The third-order valence-electron chi connectivity index (χ3n) is 2.73. The maximum atomic E-state index is 5.14. The van der Waals surface area contributed by atoms with Gasteiger partial charge in [-0.05, 0) is 42.3 Å². The van der Waals surface area contributed by atoms with E-state index in [9.17, 15) is 0 Å². The SMILES string of the molecule is COc1ccc(CCNc2cccc(Br)c2)cc1. The number of hydrogen-bond donors (Lipinski definition) is 1. The molecule has 2 nitrogen and oxygen atoms in total. The summed E-state index contributed by atoms with van der Waals surface area (Å²) >= 11 is 3.46. The molecular weight excluding hydrogens is 290 g/mol. The molecule has 94 valence electrons. The van der Waals surface area contributed by atoms with Crippen molar-refractivity contribution in [3.63, 3.8) is 0 Å². The van der Waals surface area contributed by atoms with E-state index < -0.39 is 0 Å². The summed E-state index contributed by atoms with van der Waals surface area (Å²) < 4.78 is 6.23. The molecule has 0 aromatic heterocycles. The smallest absolute Gasteiger partial charge is 0.118 e. The van der Waals surface area contributed by atoms with Gasteiger partial charge in [0.05, 0.1) is 7.11 Å². The van der Waals surface area contributed by atoms with E-state index in [1.54, 1.807) is 7.11 Å². The second-order valence-corrected chi connectivity index (χ2v) is 4.95. The average molecular weight is 306 g/mol. The van der Waals surface area contributed by atoms with Crippen molar-refractivity contribution < 1.29 is 4.74 Å². The van der Waals surface area contributed by atoms with Crippen molar-refractivity contribution in [2.75, 3.05) is 19.0 Å². The molecule has 0 fully saturated rings. The largest absolute Gasteiger partial charge is 0.497 e. The van der Waals surface area contributed by atoms with Gasteiger partial charge in [0.1, 0.15) is 5.75 Å². The number of methoxy groups -OCH3 is 1. The average Bonchev–Trinajstić information content (AvgIpc) is 2.40. The van der Waals surface area contributed by atoms with Gasteiger partial charge in [0.2, 0.25) is 0 Å². The van der Waals surface area contributed by atoms with Crippen LogP contribution < -0.4 is 10.1 Å². The first-order chi connectivity index (χ1) is 8.78. The number of rotatable bonds is 5.